The van der Waals surface area contributed by atoms with Crippen molar-refractivity contribution in [1.82, 2.24) is 0 Å². The zero-order valence-corrected chi connectivity index (χ0v) is 5.98. The minimum absolute atomic E-state index is 0. The molecule has 0 rings (SSSR count). The monoisotopic (exact) mass is 221 g/mol. The molecule has 0 aromatic heterocycles. The first-order valence-corrected chi connectivity index (χ1v) is 2.34. The van der Waals surface area contributed by atoms with E-state index in [9.17, 15) is 0 Å². The number of carboxylic acids is 1. The van der Waals surface area contributed by atoms with E-state index in [0.717, 1.165) is 6.92 Å². The van der Waals surface area contributed by atoms with Crippen molar-refractivity contribution in [2.24, 2.45) is 0 Å². The van der Waals surface area contributed by atoms with E-state index in [0.29, 0.717) is 0 Å². The summed E-state index contributed by atoms with van der Waals surface area (Å²) in [5.74, 6) is -0.833. The Kier molecular flexibility index (Phi) is 35.4. The van der Waals surface area contributed by atoms with E-state index in [4.69, 9.17) is 9.90 Å². The summed E-state index contributed by atoms with van der Waals surface area (Å²) in [4.78, 5) is 9.00. The van der Waals surface area contributed by atoms with Crippen LogP contribution in [0, 0.1) is 0 Å². The number of carboxylic acid groups (broad SMARTS) is 1. The summed E-state index contributed by atoms with van der Waals surface area (Å²) < 4.78 is 0. The van der Waals surface area contributed by atoms with E-state index in [2.05, 4.69) is 25.2 Å². The summed E-state index contributed by atoms with van der Waals surface area (Å²) in [7, 11) is 4.20. The number of halogens is 1. The van der Waals surface area contributed by atoms with Crippen LogP contribution in [0.15, 0.2) is 0 Å². The minimum atomic E-state index is -0.833. The van der Waals surface area contributed by atoms with Crippen LogP contribution in [0.25, 0.3) is 0 Å². The van der Waals surface area contributed by atoms with Gasteiger partial charge in [-0.3, -0.25) is 4.79 Å². The SMILES string of the molecule is CC(=O)O.[Cl][Cu].[Cu]. The third-order valence-electron chi connectivity index (χ3n) is 0. The molecule has 0 saturated carbocycles. The van der Waals surface area contributed by atoms with Gasteiger partial charge in [0.1, 0.15) is 0 Å². The van der Waals surface area contributed by atoms with Gasteiger partial charge in [-0.2, -0.15) is 0 Å². The van der Waals surface area contributed by atoms with E-state index in [1.807, 2.05) is 0 Å². The Bertz CT molecular complexity index is 36.7. The number of rotatable bonds is 0. The third kappa shape index (κ3) is 245. The summed E-state index contributed by atoms with van der Waals surface area (Å²) in [6, 6.07) is 0. The van der Waals surface area contributed by atoms with Gasteiger partial charge in [0.25, 0.3) is 5.97 Å². The van der Waals surface area contributed by atoms with Crippen LogP contribution in [-0.2, 0) is 37.0 Å². The van der Waals surface area contributed by atoms with Crippen molar-refractivity contribution in [3.63, 3.8) is 0 Å². The summed E-state index contributed by atoms with van der Waals surface area (Å²) >= 11 is 3.66. The third-order valence-corrected chi connectivity index (χ3v) is 0. The largest absolute Gasteiger partial charge is 0 e. The predicted molar refractivity (Wildman–Crippen MR) is 19.2 cm³/mol. The maximum atomic E-state index is 9.00. The standard InChI is InChI=1S/C2H4O2.ClH.2Cu/c1-2(3)4;;;/h1H3,(H,3,4);1H;;/q;;;+1/p-1. The molecule has 0 heterocycles. The normalized spacial score (nSPS) is 4.57. The number of carbonyl (C=O) groups is 1. The summed E-state index contributed by atoms with van der Waals surface area (Å²) in [5.41, 5.74) is 0. The first-order valence-electron chi connectivity index (χ1n) is 1.04. The fourth-order valence-electron chi connectivity index (χ4n) is 0. The molecule has 1 radical (unpaired) electrons. The van der Waals surface area contributed by atoms with Crippen LogP contribution in [0.5, 0.6) is 0 Å². The maximum absolute atomic E-state index is 9.00. The smallest absolute Gasteiger partial charge is 0 e. The Morgan fingerprint density at radius 1 is 1.71 bits per heavy atom. The second kappa shape index (κ2) is 15.8. The quantitative estimate of drug-likeness (QED) is 0.615. The molecule has 53 valence electrons. The van der Waals surface area contributed by atoms with Crippen molar-refractivity contribution in [2.75, 3.05) is 0 Å². The van der Waals surface area contributed by atoms with E-state index in [-0.39, 0.29) is 17.1 Å². The van der Waals surface area contributed by atoms with Crippen LogP contribution in [0.3, 0.4) is 0 Å². The molecule has 5 heteroatoms. The van der Waals surface area contributed by atoms with Crippen molar-refractivity contribution in [3.8, 4) is 0 Å². The molecule has 0 fully saturated rings. The van der Waals surface area contributed by atoms with Gasteiger partial charge in [0.15, 0.2) is 0 Å². The molecule has 0 unspecified atom stereocenters. The van der Waals surface area contributed by atoms with Gasteiger partial charge < -0.3 is 5.11 Å². The molecule has 0 aliphatic rings. The van der Waals surface area contributed by atoms with Crippen molar-refractivity contribution >= 4 is 16.1 Å². The molecular weight excluding hydrogens is 219 g/mol. The van der Waals surface area contributed by atoms with Crippen LogP contribution in [-0.4, -0.2) is 11.1 Å². The first-order chi connectivity index (χ1) is 2.73. The van der Waals surface area contributed by atoms with E-state index in [1.54, 1.807) is 0 Å². The Morgan fingerprint density at radius 3 is 1.71 bits per heavy atom. The average Bonchev–Trinajstić information content (AvgIpc) is 1.41. The molecule has 7 heavy (non-hydrogen) atoms. The zero-order valence-electron chi connectivity index (χ0n) is 3.34. The fourth-order valence-corrected chi connectivity index (χ4v) is 0. The molecule has 0 amide bonds. The first kappa shape index (κ1) is 15.7. The number of hydrogen-bond donors (Lipinski definition) is 1. The van der Waals surface area contributed by atoms with Crippen LogP contribution in [0.2, 0.25) is 0 Å². The molecule has 0 atom stereocenters. The second-order valence-electron chi connectivity index (χ2n) is 0.519. The zero-order chi connectivity index (χ0) is 5.58. The number of aliphatic carboxylic acids is 1. The number of hydrogen-bond acceptors (Lipinski definition) is 1. The Hall–Kier alpha value is 0.799. The molecule has 0 aromatic rings. The van der Waals surface area contributed by atoms with Gasteiger partial charge >= 0.3 is 25.2 Å². The Morgan fingerprint density at radius 2 is 1.71 bits per heavy atom. The molecule has 0 aliphatic carbocycles. The maximum Gasteiger partial charge on any atom is 0 e. The molecular formula is C2H4ClCu2O2. The molecule has 1 N–H and O–H groups in total. The van der Waals surface area contributed by atoms with Gasteiger partial charge in [-0.1, -0.05) is 0 Å². The topological polar surface area (TPSA) is 37.3 Å². The summed E-state index contributed by atoms with van der Waals surface area (Å²) in [5, 5.41) is 7.42. The van der Waals surface area contributed by atoms with Gasteiger partial charge in [-0.15, -0.1) is 0 Å². The average molecular weight is 223 g/mol. The second-order valence-corrected chi connectivity index (χ2v) is 0.519. The van der Waals surface area contributed by atoms with Gasteiger partial charge in [0, 0.05) is 24.0 Å². The Labute approximate surface area is 65.1 Å². The van der Waals surface area contributed by atoms with Gasteiger partial charge in [-0.25, -0.2) is 0 Å². The van der Waals surface area contributed by atoms with Crippen molar-refractivity contribution in [2.45, 2.75) is 6.92 Å². The van der Waals surface area contributed by atoms with Crippen molar-refractivity contribution in [3.05, 3.63) is 0 Å². The van der Waals surface area contributed by atoms with E-state index >= 15 is 0 Å². The summed E-state index contributed by atoms with van der Waals surface area (Å²) in [6.45, 7) is 1.08. The summed E-state index contributed by atoms with van der Waals surface area (Å²) in [6.07, 6.45) is 0. The van der Waals surface area contributed by atoms with E-state index < -0.39 is 5.97 Å². The van der Waals surface area contributed by atoms with Crippen LogP contribution in [0.1, 0.15) is 6.92 Å². The Balaban J connectivity index is -0.0000000480. The minimum Gasteiger partial charge on any atom is 0 e. The van der Waals surface area contributed by atoms with E-state index in [1.165, 1.54) is 0 Å². The molecule has 0 bridgehead atoms. The van der Waals surface area contributed by atoms with Crippen LogP contribution in [0.4, 0.5) is 0 Å². The van der Waals surface area contributed by atoms with Gasteiger partial charge in [0.05, 0.1) is 0 Å². The molecule has 0 spiro atoms. The van der Waals surface area contributed by atoms with Crippen molar-refractivity contribution in [1.29, 1.82) is 0 Å². The predicted octanol–water partition coefficient (Wildman–Crippen LogP) is 0.775. The molecule has 0 aromatic carbocycles. The van der Waals surface area contributed by atoms with Gasteiger partial charge in [-0.05, 0) is 0 Å². The molecule has 0 aliphatic heterocycles. The van der Waals surface area contributed by atoms with Crippen LogP contribution < -0.4 is 0 Å². The fraction of sp³-hybridized carbons (Fsp3) is 0.500. The van der Waals surface area contributed by atoms with Gasteiger partial charge in [0.2, 0.25) is 0 Å². The molecule has 0 saturated heterocycles. The van der Waals surface area contributed by atoms with Crippen LogP contribution >= 0.6 is 10.1 Å². The van der Waals surface area contributed by atoms with Crippen molar-refractivity contribution < 1.29 is 42.1 Å². The molecule has 2 nitrogen and oxygen atoms in total.